The quantitative estimate of drug-likeness (QED) is 0.638. The highest BCUT2D eigenvalue weighted by Gasteiger charge is 2.32. The van der Waals surface area contributed by atoms with Crippen molar-refractivity contribution in [3.63, 3.8) is 0 Å². The summed E-state index contributed by atoms with van der Waals surface area (Å²) >= 11 is 0. The van der Waals surface area contributed by atoms with Crippen molar-refractivity contribution in [2.75, 3.05) is 13.1 Å². The molecule has 0 amide bonds. The van der Waals surface area contributed by atoms with Crippen molar-refractivity contribution in [2.24, 2.45) is 17.3 Å². The molecule has 1 heteroatoms. The summed E-state index contributed by atoms with van der Waals surface area (Å²) in [5, 5.41) is 0. The Hall–Kier alpha value is -0.0400. The minimum absolute atomic E-state index is 0.479. The maximum absolute atomic E-state index is 2.65. The van der Waals surface area contributed by atoms with Crippen LogP contribution in [0.4, 0.5) is 0 Å². The highest BCUT2D eigenvalue weighted by Crippen LogP contribution is 2.37. The van der Waals surface area contributed by atoms with Crippen LogP contribution in [0.5, 0.6) is 0 Å². The molecule has 1 aliphatic rings. The van der Waals surface area contributed by atoms with Gasteiger partial charge in [-0.15, -0.1) is 0 Å². The molecule has 1 unspecified atom stereocenters. The van der Waals surface area contributed by atoms with Crippen LogP contribution in [0.25, 0.3) is 0 Å². The van der Waals surface area contributed by atoms with E-state index in [9.17, 15) is 0 Å². The van der Waals surface area contributed by atoms with E-state index >= 15 is 0 Å². The third-order valence-corrected chi connectivity index (χ3v) is 4.01. The Morgan fingerprint density at radius 1 is 1.20 bits per heavy atom. The zero-order chi connectivity index (χ0) is 11.6. The van der Waals surface area contributed by atoms with Gasteiger partial charge >= 0.3 is 0 Å². The fourth-order valence-electron chi connectivity index (χ4n) is 3.14. The molecule has 1 fully saturated rings. The second kappa shape index (κ2) is 4.86. The minimum atomic E-state index is 0.479. The van der Waals surface area contributed by atoms with Crippen molar-refractivity contribution in [1.29, 1.82) is 0 Å². The summed E-state index contributed by atoms with van der Waals surface area (Å²) < 4.78 is 0. The first-order valence-corrected chi connectivity index (χ1v) is 6.56. The lowest BCUT2D eigenvalue weighted by Crippen LogP contribution is -2.36. The topological polar surface area (TPSA) is 3.24 Å². The number of nitrogens with zero attached hydrogens (tertiary/aromatic N) is 1. The van der Waals surface area contributed by atoms with Crippen LogP contribution in [-0.4, -0.2) is 24.0 Å². The van der Waals surface area contributed by atoms with Crippen LogP contribution in [0.2, 0.25) is 0 Å². The summed E-state index contributed by atoms with van der Waals surface area (Å²) in [4.78, 5) is 2.65. The summed E-state index contributed by atoms with van der Waals surface area (Å²) in [5.41, 5.74) is 0.479. The van der Waals surface area contributed by atoms with Gasteiger partial charge in [0.15, 0.2) is 0 Å². The molecule has 1 nitrogen and oxygen atoms in total. The van der Waals surface area contributed by atoms with Gasteiger partial charge in [0.1, 0.15) is 0 Å². The first kappa shape index (κ1) is 13.0. The van der Waals surface area contributed by atoms with Gasteiger partial charge in [0.2, 0.25) is 0 Å². The van der Waals surface area contributed by atoms with Gasteiger partial charge in [0.25, 0.3) is 0 Å². The molecule has 0 radical (unpaired) electrons. The van der Waals surface area contributed by atoms with E-state index in [4.69, 9.17) is 0 Å². The number of likely N-dealkylation sites (tertiary alicyclic amines) is 1. The molecular weight excluding hydrogens is 182 g/mol. The Balaban J connectivity index is 2.66. The predicted octanol–water partition coefficient (Wildman–Crippen LogP) is 3.79. The molecule has 90 valence electrons. The van der Waals surface area contributed by atoms with Gasteiger partial charge in [-0.25, -0.2) is 0 Å². The lowest BCUT2D eigenvalue weighted by molar-refractivity contribution is 0.135. The van der Waals surface area contributed by atoms with Crippen molar-refractivity contribution in [3.05, 3.63) is 0 Å². The van der Waals surface area contributed by atoms with Crippen LogP contribution in [0.3, 0.4) is 0 Å². The normalized spacial score (nSPS) is 30.6. The average Bonchev–Trinajstić information content (AvgIpc) is 2.25. The van der Waals surface area contributed by atoms with Crippen LogP contribution in [0.1, 0.15) is 54.4 Å². The summed E-state index contributed by atoms with van der Waals surface area (Å²) in [5.74, 6) is 1.73. The molecule has 1 saturated heterocycles. The molecule has 1 heterocycles. The van der Waals surface area contributed by atoms with Crippen LogP contribution in [-0.2, 0) is 0 Å². The first-order valence-electron chi connectivity index (χ1n) is 6.56. The second-order valence-electron chi connectivity index (χ2n) is 6.68. The van der Waals surface area contributed by atoms with Crippen molar-refractivity contribution >= 4 is 0 Å². The monoisotopic (exact) mass is 211 g/mol. The van der Waals surface area contributed by atoms with E-state index in [0.717, 1.165) is 11.8 Å². The van der Waals surface area contributed by atoms with Gasteiger partial charge in [-0.05, 0) is 50.5 Å². The lowest BCUT2D eigenvalue weighted by Gasteiger charge is -2.35. The fraction of sp³-hybridized carbons (Fsp3) is 1.00. The van der Waals surface area contributed by atoms with Crippen molar-refractivity contribution in [2.45, 2.75) is 60.4 Å². The molecule has 2 atom stereocenters. The molecule has 0 aliphatic carbocycles. The molecule has 0 N–H and O–H groups in total. The standard InChI is InChI=1S/C14H29N/c1-11(2)15-9-7-8-13(12(3)10-15)14(4,5)6/h11-13H,7-10H2,1-6H3/t12-,13?/m0/s1. The lowest BCUT2D eigenvalue weighted by atomic mass is 9.72. The van der Waals surface area contributed by atoms with Crippen LogP contribution < -0.4 is 0 Å². The number of hydrogen-bond donors (Lipinski definition) is 0. The Morgan fingerprint density at radius 3 is 2.27 bits per heavy atom. The van der Waals surface area contributed by atoms with Gasteiger partial charge in [-0.3, -0.25) is 0 Å². The van der Waals surface area contributed by atoms with E-state index in [1.807, 2.05) is 0 Å². The summed E-state index contributed by atoms with van der Waals surface area (Å²) in [7, 11) is 0. The van der Waals surface area contributed by atoms with Crippen molar-refractivity contribution in [3.8, 4) is 0 Å². The Kier molecular flexibility index (Phi) is 4.22. The third kappa shape index (κ3) is 3.48. The SMILES string of the molecule is CC(C)N1CCCC(C(C)(C)C)[C@@H](C)C1. The Bertz CT molecular complexity index is 190. The maximum atomic E-state index is 2.65. The molecule has 0 saturated carbocycles. The molecule has 0 aromatic rings. The molecule has 0 spiro atoms. The molecule has 0 bridgehead atoms. The van der Waals surface area contributed by atoms with Crippen LogP contribution in [0.15, 0.2) is 0 Å². The van der Waals surface area contributed by atoms with Crippen molar-refractivity contribution in [1.82, 2.24) is 4.90 Å². The predicted molar refractivity (Wildman–Crippen MR) is 68.1 cm³/mol. The highest BCUT2D eigenvalue weighted by molar-refractivity contribution is 4.84. The van der Waals surface area contributed by atoms with Crippen LogP contribution in [0, 0.1) is 17.3 Å². The third-order valence-electron chi connectivity index (χ3n) is 4.01. The zero-order valence-corrected chi connectivity index (χ0v) is 11.5. The largest absolute Gasteiger partial charge is 0.301 e. The minimum Gasteiger partial charge on any atom is -0.301 e. The summed E-state index contributed by atoms with van der Waals surface area (Å²) in [6.07, 6.45) is 2.79. The maximum Gasteiger partial charge on any atom is 0.00387 e. The van der Waals surface area contributed by atoms with E-state index in [1.54, 1.807) is 0 Å². The van der Waals surface area contributed by atoms with Gasteiger partial charge < -0.3 is 4.90 Å². The van der Waals surface area contributed by atoms with E-state index in [2.05, 4.69) is 46.4 Å². The summed E-state index contributed by atoms with van der Waals surface area (Å²) in [6.45, 7) is 16.9. The number of rotatable bonds is 1. The van der Waals surface area contributed by atoms with Gasteiger partial charge in [-0.2, -0.15) is 0 Å². The number of hydrogen-bond acceptors (Lipinski definition) is 1. The van der Waals surface area contributed by atoms with E-state index in [-0.39, 0.29) is 0 Å². The van der Waals surface area contributed by atoms with Crippen LogP contribution >= 0.6 is 0 Å². The van der Waals surface area contributed by atoms with E-state index in [1.165, 1.54) is 25.9 Å². The Labute approximate surface area is 96.2 Å². The van der Waals surface area contributed by atoms with Gasteiger partial charge in [0, 0.05) is 12.6 Å². The first-order chi connectivity index (χ1) is 6.82. The highest BCUT2D eigenvalue weighted by atomic mass is 15.1. The zero-order valence-electron chi connectivity index (χ0n) is 11.5. The summed E-state index contributed by atoms with van der Waals surface area (Å²) in [6, 6.07) is 0.714. The fourth-order valence-corrected chi connectivity index (χ4v) is 3.14. The van der Waals surface area contributed by atoms with E-state index in [0.29, 0.717) is 11.5 Å². The van der Waals surface area contributed by atoms with Gasteiger partial charge in [-0.1, -0.05) is 27.7 Å². The molecule has 0 aromatic heterocycles. The second-order valence-corrected chi connectivity index (χ2v) is 6.68. The Morgan fingerprint density at radius 2 is 1.80 bits per heavy atom. The van der Waals surface area contributed by atoms with Crippen molar-refractivity contribution < 1.29 is 0 Å². The molecular formula is C14H29N. The smallest absolute Gasteiger partial charge is 0.00387 e. The van der Waals surface area contributed by atoms with E-state index < -0.39 is 0 Å². The van der Waals surface area contributed by atoms with Gasteiger partial charge in [0.05, 0.1) is 0 Å². The molecule has 15 heavy (non-hydrogen) atoms. The molecule has 0 aromatic carbocycles. The molecule has 1 rings (SSSR count). The molecule has 1 aliphatic heterocycles. The average molecular weight is 211 g/mol.